The van der Waals surface area contributed by atoms with Crippen LogP contribution in [-0.2, 0) is 13.0 Å². The lowest BCUT2D eigenvalue weighted by Gasteiger charge is -2.16. The lowest BCUT2D eigenvalue weighted by atomic mass is 10.1. The van der Waals surface area contributed by atoms with Gasteiger partial charge in [-0.25, -0.2) is 9.67 Å². The van der Waals surface area contributed by atoms with E-state index in [2.05, 4.69) is 15.0 Å². The summed E-state index contributed by atoms with van der Waals surface area (Å²) >= 11 is 6.11. The third kappa shape index (κ3) is 4.49. The molecule has 0 saturated carbocycles. The first-order valence-corrected chi connectivity index (χ1v) is 10.1. The largest absolute Gasteiger partial charge is 0.301 e. The Hall–Kier alpha value is -2.50. The summed E-state index contributed by atoms with van der Waals surface area (Å²) < 4.78 is 1.58. The number of rotatable bonds is 6. The van der Waals surface area contributed by atoms with Crippen molar-refractivity contribution in [1.29, 1.82) is 0 Å². The molecule has 0 bridgehead atoms. The molecule has 1 fully saturated rings. The lowest BCUT2D eigenvalue weighted by Crippen LogP contribution is -2.33. The molecule has 1 saturated heterocycles. The van der Waals surface area contributed by atoms with E-state index in [1.54, 1.807) is 4.68 Å². The van der Waals surface area contributed by atoms with E-state index in [1.807, 2.05) is 54.6 Å². The molecule has 1 aromatic heterocycles. The Labute approximate surface area is 169 Å². The maximum absolute atomic E-state index is 13.0. The highest BCUT2D eigenvalue weighted by atomic mass is 35.5. The van der Waals surface area contributed by atoms with Gasteiger partial charge in [-0.2, -0.15) is 0 Å². The normalized spacial score (nSPS) is 14.5. The van der Waals surface area contributed by atoms with Gasteiger partial charge in [0.15, 0.2) is 5.82 Å². The molecule has 2 aromatic carbocycles. The van der Waals surface area contributed by atoms with Gasteiger partial charge in [0, 0.05) is 23.6 Å². The number of hydrogen-bond donors (Lipinski definition) is 0. The zero-order valence-electron chi connectivity index (χ0n) is 15.7. The van der Waals surface area contributed by atoms with Gasteiger partial charge < -0.3 is 4.90 Å². The Balaban J connectivity index is 1.68. The predicted octanol–water partition coefficient (Wildman–Crippen LogP) is 3.65. The van der Waals surface area contributed by atoms with Gasteiger partial charge in [-0.1, -0.05) is 54.1 Å². The van der Waals surface area contributed by atoms with Crippen molar-refractivity contribution in [3.63, 3.8) is 0 Å². The van der Waals surface area contributed by atoms with Crippen LogP contribution in [0.3, 0.4) is 0 Å². The van der Waals surface area contributed by atoms with Crippen molar-refractivity contribution in [1.82, 2.24) is 19.7 Å². The average molecular weight is 395 g/mol. The first-order chi connectivity index (χ1) is 13.7. The second-order valence-electron chi connectivity index (χ2n) is 7.13. The Bertz CT molecular complexity index is 997. The van der Waals surface area contributed by atoms with Crippen LogP contribution in [0.1, 0.15) is 24.1 Å². The van der Waals surface area contributed by atoms with Crippen molar-refractivity contribution in [3.05, 3.63) is 81.2 Å². The minimum absolute atomic E-state index is 0.126. The summed E-state index contributed by atoms with van der Waals surface area (Å²) in [5.41, 5.74) is 2.24. The molecule has 5 nitrogen and oxygen atoms in total. The Morgan fingerprint density at radius 3 is 2.50 bits per heavy atom. The van der Waals surface area contributed by atoms with Crippen LogP contribution >= 0.6 is 11.6 Å². The summed E-state index contributed by atoms with van der Waals surface area (Å²) in [6.45, 7) is 3.60. The van der Waals surface area contributed by atoms with Crippen molar-refractivity contribution in [2.45, 2.75) is 25.8 Å². The molecule has 144 valence electrons. The van der Waals surface area contributed by atoms with Gasteiger partial charge in [-0.15, -0.1) is 5.10 Å². The number of likely N-dealkylation sites (tertiary alicyclic amines) is 1. The standard InChI is InChI=1S/C22H23ClN4O/c23-19-10-6-7-17(15-19)16-20-22(28)27(14-13-26-11-4-5-12-26)25-21(24-20)18-8-2-1-3-9-18/h1-3,6-10,15H,4-5,11-14,16H2. The highest BCUT2D eigenvalue weighted by Gasteiger charge is 2.15. The van der Waals surface area contributed by atoms with Gasteiger partial charge >= 0.3 is 0 Å². The molecule has 6 heteroatoms. The van der Waals surface area contributed by atoms with Crippen molar-refractivity contribution < 1.29 is 0 Å². The van der Waals surface area contributed by atoms with Crippen LogP contribution in [-0.4, -0.2) is 39.3 Å². The molecule has 0 amide bonds. The van der Waals surface area contributed by atoms with Gasteiger partial charge in [0.05, 0.1) is 6.54 Å². The van der Waals surface area contributed by atoms with E-state index in [1.165, 1.54) is 12.8 Å². The summed E-state index contributed by atoms with van der Waals surface area (Å²) in [6.07, 6.45) is 2.90. The Kier molecular flexibility index (Phi) is 5.84. The fraction of sp³-hybridized carbons (Fsp3) is 0.318. The summed E-state index contributed by atoms with van der Waals surface area (Å²) in [6, 6.07) is 17.4. The van der Waals surface area contributed by atoms with Crippen molar-refractivity contribution >= 4 is 11.6 Å². The maximum Gasteiger partial charge on any atom is 0.288 e. The van der Waals surface area contributed by atoms with Crippen molar-refractivity contribution in [3.8, 4) is 11.4 Å². The number of nitrogens with zero attached hydrogens (tertiary/aromatic N) is 4. The molecule has 0 radical (unpaired) electrons. The Morgan fingerprint density at radius 2 is 1.75 bits per heavy atom. The quantitative estimate of drug-likeness (QED) is 0.640. The molecule has 0 atom stereocenters. The second-order valence-corrected chi connectivity index (χ2v) is 7.57. The number of halogens is 1. The van der Waals surface area contributed by atoms with Crippen LogP contribution in [0.15, 0.2) is 59.4 Å². The van der Waals surface area contributed by atoms with E-state index in [-0.39, 0.29) is 5.56 Å². The molecular formula is C22H23ClN4O. The SMILES string of the molecule is O=c1c(Cc2cccc(Cl)c2)nc(-c2ccccc2)nn1CCN1CCCC1. The molecule has 0 spiro atoms. The van der Waals surface area contributed by atoms with Crippen LogP contribution in [0.5, 0.6) is 0 Å². The lowest BCUT2D eigenvalue weighted by molar-refractivity contribution is 0.311. The second kappa shape index (κ2) is 8.67. The van der Waals surface area contributed by atoms with E-state index in [0.717, 1.165) is 30.8 Å². The zero-order chi connectivity index (χ0) is 19.3. The summed E-state index contributed by atoms with van der Waals surface area (Å²) in [5, 5.41) is 5.22. The smallest absolute Gasteiger partial charge is 0.288 e. The van der Waals surface area contributed by atoms with Gasteiger partial charge in [-0.3, -0.25) is 4.79 Å². The van der Waals surface area contributed by atoms with Gasteiger partial charge in [0.1, 0.15) is 5.69 Å². The van der Waals surface area contributed by atoms with Crippen LogP contribution in [0.25, 0.3) is 11.4 Å². The van der Waals surface area contributed by atoms with Crippen LogP contribution in [0.2, 0.25) is 5.02 Å². The topological polar surface area (TPSA) is 51.0 Å². The molecule has 0 N–H and O–H groups in total. The van der Waals surface area contributed by atoms with Crippen molar-refractivity contribution in [2.24, 2.45) is 0 Å². The molecular weight excluding hydrogens is 372 g/mol. The molecule has 0 unspecified atom stereocenters. The molecule has 0 aliphatic carbocycles. The van der Waals surface area contributed by atoms with E-state index in [0.29, 0.717) is 29.5 Å². The highest BCUT2D eigenvalue weighted by molar-refractivity contribution is 6.30. The highest BCUT2D eigenvalue weighted by Crippen LogP contribution is 2.16. The third-order valence-corrected chi connectivity index (χ3v) is 5.29. The molecule has 2 heterocycles. The van der Waals surface area contributed by atoms with Crippen LogP contribution in [0, 0.1) is 0 Å². The zero-order valence-corrected chi connectivity index (χ0v) is 16.5. The molecule has 3 aromatic rings. The van der Waals surface area contributed by atoms with Crippen LogP contribution < -0.4 is 5.56 Å². The van der Waals surface area contributed by atoms with E-state index < -0.39 is 0 Å². The molecule has 1 aliphatic rings. The first kappa shape index (κ1) is 18.8. The van der Waals surface area contributed by atoms with Crippen molar-refractivity contribution in [2.75, 3.05) is 19.6 Å². The molecule has 28 heavy (non-hydrogen) atoms. The van der Waals surface area contributed by atoms with E-state index in [4.69, 9.17) is 11.6 Å². The number of hydrogen-bond acceptors (Lipinski definition) is 4. The summed E-state index contributed by atoms with van der Waals surface area (Å²) in [5.74, 6) is 0.582. The third-order valence-electron chi connectivity index (χ3n) is 5.06. The summed E-state index contributed by atoms with van der Waals surface area (Å²) in [7, 11) is 0. The van der Waals surface area contributed by atoms with Gasteiger partial charge in [-0.05, 0) is 43.6 Å². The number of aromatic nitrogens is 3. The van der Waals surface area contributed by atoms with Gasteiger partial charge in [0.2, 0.25) is 0 Å². The average Bonchev–Trinajstić information content (AvgIpc) is 3.23. The minimum atomic E-state index is -0.126. The predicted molar refractivity (Wildman–Crippen MR) is 112 cm³/mol. The van der Waals surface area contributed by atoms with Crippen LogP contribution in [0.4, 0.5) is 0 Å². The molecule has 1 aliphatic heterocycles. The molecule has 4 rings (SSSR count). The fourth-order valence-electron chi connectivity index (χ4n) is 3.57. The van der Waals surface area contributed by atoms with E-state index in [9.17, 15) is 4.79 Å². The maximum atomic E-state index is 13.0. The van der Waals surface area contributed by atoms with Gasteiger partial charge in [0.25, 0.3) is 5.56 Å². The monoisotopic (exact) mass is 394 g/mol. The fourth-order valence-corrected chi connectivity index (χ4v) is 3.78. The number of benzene rings is 2. The minimum Gasteiger partial charge on any atom is -0.301 e. The summed E-state index contributed by atoms with van der Waals surface area (Å²) in [4.78, 5) is 20.0. The van der Waals surface area contributed by atoms with E-state index >= 15 is 0 Å². The Morgan fingerprint density at radius 1 is 0.964 bits per heavy atom. The first-order valence-electron chi connectivity index (χ1n) is 9.69.